The number of aliphatic imine (C=N–C) groups is 1. The molecule has 160 valence electrons. The number of halogens is 3. The summed E-state index contributed by atoms with van der Waals surface area (Å²) in [5.41, 5.74) is 11.1. The topological polar surface area (TPSA) is 122 Å². The van der Waals surface area contributed by atoms with Crippen LogP contribution in [0.5, 0.6) is 0 Å². The zero-order valence-corrected chi connectivity index (χ0v) is 16.8. The van der Waals surface area contributed by atoms with Gasteiger partial charge in [-0.2, -0.15) is 0 Å². The molecule has 1 aliphatic heterocycles. The van der Waals surface area contributed by atoms with Gasteiger partial charge in [0.15, 0.2) is 12.0 Å². The molecule has 0 radical (unpaired) electrons. The van der Waals surface area contributed by atoms with Crippen molar-refractivity contribution in [3.8, 4) is 10.6 Å². The summed E-state index contributed by atoms with van der Waals surface area (Å²) in [6.07, 6.45) is -0.132. The number of benzene rings is 1. The number of nitrogen functional groups attached to an aromatic ring is 1. The number of rotatable bonds is 4. The van der Waals surface area contributed by atoms with E-state index in [1.54, 1.807) is 4.90 Å². The third-order valence-electron chi connectivity index (χ3n) is 4.34. The first-order chi connectivity index (χ1) is 14.3. The second kappa shape index (κ2) is 9.13. The number of piperazine rings is 1. The number of aromatic nitrogens is 1. The van der Waals surface area contributed by atoms with Gasteiger partial charge in [0, 0.05) is 26.3 Å². The number of hydrogen-bond acceptors (Lipinski definition) is 7. The Kier molecular flexibility index (Phi) is 6.57. The zero-order chi connectivity index (χ0) is 21.8. The summed E-state index contributed by atoms with van der Waals surface area (Å²) in [5.74, 6) is -2.10. The smallest absolute Gasteiger partial charge is 0.277 e. The third-order valence-corrected chi connectivity index (χ3v) is 5.24. The van der Waals surface area contributed by atoms with Gasteiger partial charge >= 0.3 is 0 Å². The van der Waals surface area contributed by atoms with Crippen molar-refractivity contribution in [2.45, 2.75) is 6.30 Å². The Labute approximate surface area is 174 Å². The minimum absolute atomic E-state index is 0.0232. The predicted octanol–water partition coefficient (Wildman–Crippen LogP) is 1.43. The van der Waals surface area contributed by atoms with Crippen LogP contribution in [0.15, 0.2) is 35.1 Å². The van der Waals surface area contributed by atoms with E-state index in [0.717, 1.165) is 29.7 Å². The van der Waals surface area contributed by atoms with Crippen LogP contribution in [0.25, 0.3) is 10.6 Å². The average molecular weight is 439 g/mol. The van der Waals surface area contributed by atoms with Gasteiger partial charge in [-0.15, -0.1) is 0 Å². The number of carbonyl (C=O) groups is 1. The first kappa shape index (κ1) is 21.6. The van der Waals surface area contributed by atoms with E-state index in [-0.39, 0.29) is 39.3 Å². The summed E-state index contributed by atoms with van der Waals surface area (Å²) < 4.78 is 41.7. The van der Waals surface area contributed by atoms with Crippen molar-refractivity contribution >= 4 is 28.1 Å². The Bertz CT molecular complexity index is 987. The average Bonchev–Trinajstić information content (AvgIpc) is 3.09. The molecule has 0 bridgehead atoms. The summed E-state index contributed by atoms with van der Waals surface area (Å²) in [6.45, 7) is 0.869. The van der Waals surface area contributed by atoms with Gasteiger partial charge in [0.2, 0.25) is 0 Å². The number of carbonyl (C=O) groups excluding carboxylic acids is 1. The molecule has 0 saturated carbocycles. The number of nitrogens with one attached hydrogen (secondary N) is 2. The largest absolute Gasteiger partial charge is 0.403 e. The van der Waals surface area contributed by atoms with E-state index in [2.05, 4.69) is 20.6 Å². The molecule has 1 fully saturated rings. The van der Waals surface area contributed by atoms with Crippen molar-refractivity contribution in [1.29, 1.82) is 0 Å². The van der Waals surface area contributed by atoms with Gasteiger partial charge in [0.25, 0.3) is 5.91 Å². The van der Waals surface area contributed by atoms with E-state index in [1.165, 1.54) is 13.1 Å². The zero-order valence-electron chi connectivity index (χ0n) is 16.0. The van der Waals surface area contributed by atoms with Crippen LogP contribution in [0.1, 0.15) is 10.5 Å². The number of amidine groups is 1. The van der Waals surface area contributed by atoms with Gasteiger partial charge in [-0.1, -0.05) is 17.4 Å². The predicted molar refractivity (Wildman–Crippen MR) is 109 cm³/mol. The Morgan fingerprint density at radius 2 is 2.13 bits per heavy atom. The van der Waals surface area contributed by atoms with E-state index < -0.39 is 23.8 Å². The highest BCUT2D eigenvalue weighted by Gasteiger charge is 2.26. The van der Waals surface area contributed by atoms with Gasteiger partial charge in [-0.05, 0) is 12.1 Å². The molecule has 0 aliphatic carbocycles. The van der Waals surface area contributed by atoms with Crippen molar-refractivity contribution in [3.05, 3.63) is 47.4 Å². The molecule has 1 amide bonds. The first-order valence-corrected chi connectivity index (χ1v) is 9.70. The van der Waals surface area contributed by atoms with Crippen LogP contribution in [-0.2, 0) is 0 Å². The van der Waals surface area contributed by atoms with Crippen LogP contribution in [0.2, 0.25) is 0 Å². The highest BCUT2D eigenvalue weighted by molar-refractivity contribution is 7.19. The molecule has 2 aromatic rings. The van der Waals surface area contributed by atoms with Gasteiger partial charge in [0.05, 0.1) is 17.8 Å². The normalized spacial score (nSPS) is 17.9. The summed E-state index contributed by atoms with van der Waals surface area (Å²) in [6, 6.07) is 3.39. The van der Waals surface area contributed by atoms with Crippen molar-refractivity contribution in [2.24, 2.45) is 10.7 Å². The monoisotopic (exact) mass is 439 g/mol. The molecule has 30 heavy (non-hydrogen) atoms. The minimum atomic E-state index is -1.25. The molecule has 6 N–H and O–H groups in total. The molecule has 1 unspecified atom stereocenters. The van der Waals surface area contributed by atoms with Crippen LogP contribution >= 0.6 is 11.3 Å². The van der Waals surface area contributed by atoms with Crippen LogP contribution in [0, 0.1) is 11.6 Å². The molecule has 1 aromatic carbocycles. The Hall–Kier alpha value is -3.12. The molecule has 1 saturated heterocycles. The molecule has 3 rings (SSSR count). The van der Waals surface area contributed by atoms with E-state index >= 15 is 0 Å². The van der Waals surface area contributed by atoms with Crippen molar-refractivity contribution in [3.63, 3.8) is 0 Å². The maximum atomic E-state index is 14.0. The highest BCUT2D eigenvalue weighted by atomic mass is 32.1. The molecule has 1 atom stereocenters. The van der Waals surface area contributed by atoms with Crippen molar-refractivity contribution in [2.75, 3.05) is 32.4 Å². The van der Waals surface area contributed by atoms with Gasteiger partial charge in [0.1, 0.15) is 27.5 Å². The molecule has 1 aliphatic rings. The molecule has 8 nitrogen and oxygen atoms in total. The molecule has 2 heterocycles. The quantitative estimate of drug-likeness (QED) is 0.325. The summed E-state index contributed by atoms with van der Waals surface area (Å²) >= 11 is 0.778. The lowest BCUT2D eigenvalue weighted by Crippen LogP contribution is -2.52. The minimum Gasteiger partial charge on any atom is -0.403 e. The maximum absolute atomic E-state index is 14.0. The SMILES string of the molecule is CN=C(/C(=C\N)NC(=O)c1nc(-c2c(F)cccc2F)sc1N)N1CCNC(F)C1. The number of alkyl halides is 1. The molecule has 1 aromatic heterocycles. The van der Waals surface area contributed by atoms with Crippen LogP contribution in [0.3, 0.4) is 0 Å². The van der Waals surface area contributed by atoms with E-state index in [9.17, 15) is 18.0 Å². The van der Waals surface area contributed by atoms with Gasteiger partial charge in [-0.3, -0.25) is 15.1 Å². The molecular weight excluding hydrogens is 419 g/mol. The Balaban J connectivity index is 1.84. The fourth-order valence-corrected chi connectivity index (χ4v) is 3.86. The lowest BCUT2D eigenvalue weighted by Gasteiger charge is -2.33. The second-order valence-electron chi connectivity index (χ2n) is 6.28. The lowest BCUT2D eigenvalue weighted by molar-refractivity contribution is 0.0963. The van der Waals surface area contributed by atoms with Crippen LogP contribution < -0.4 is 22.1 Å². The number of amides is 1. The molecule has 12 heteroatoms. The molecular formula is C18H20F3N7OS. The fourth-order valence-electron chi connectivity index (χ4n) is 2.99. The number of thiazole rings is 1. The highest BCUT2D eigenvalue weighted by Crippen LogP contribution is 2.33. The van der Waals surface area contributed by atoms with E-state index in [1.807, 2.05) is 0 Å². The first-order valence-electron chi connectivity index (χ1n) is 8.89. The Morgan fingerprint density at radius 1 is 1.43 bits per heavy atom. The number of hydrogen-bond donors (Lipinski definition) is 4. The van der Waals surface area contributed by atoms with E-state index in [4.69, 9.17) is 11.5 Å². The number of nitrogens with zero attached hydrogens (tertiary/aromatic N) is 3. The maximum Gasteiger partial charge on any atom is 0.277 e. The fraction of sp³-hybridized carbons (Fsp3) is 0.278. The summed E-state index contributed by atoms with van der Waals surface area (Å²) in [7, 11) is 1.48. The van der Waals surface area contributed by atoms with Crippen molar-refractivity contribution in [1.82, 2.24) is 20.5 Å². The van der Waals surface area contributed by atoms with Crippen molar-refractivity contribution < 1.29 is 18.0 Å². The van der Waals surface area contributed by atoms with Gasteiger partial charge in [-0.25, -0.2) is 18.2 Å². The number of anilines is 1. The van der Waals surface area contributed by atoms with E-state index in [0.29, 0.717) is 13.1 Å². The number of nitrogens with two attached hydrogens (primary N) is 2. The van der Waals surface area contributed by atoms with Crippen LogP contribution in [0.4, 0.5) is 18.2 Å². The summed E-state index contributed by atoms with van der Waals surface area (Å²) in [5, 5.41) is 5.10. The van der Waals surface area contributed by atoms with Crippen LogP contribution in [-0.4, -0.2) is 54.6 Å². The third kappa shape index (κ3) is 4.39. The Morgan fingerprint density at radius 3 is 2.73 bits per heavy atom. The lowest BCUT2D eigenvalue weighted by atomic mass is 10.2. The summed E-state index contributed by atoms with van der Waals surface area (Å²) in [4.78, 5) is 22.5. The standard InChI is InChI=1S/C18H20F3N7OS/c1-24-16(28-6-5-25-12(21)8-28)11(7-22)26-17(29)14-15(23)30-18(27-14)13-9(19)3-2-4-10(13)20/h2-4,7,12,25H,5-6,8,22-23H2,1H3,(H,26,29)/b11-7+,24-16?. The van der Waals surface area contributed by atoms with Gasteiger partial charge < -0.3 is 21.7 Å². The second-order valence-corrected chi connectivity index (χ2v) is 7.31. The molecule has 0 spiro atoms.